The predicted molar refractivity (Wildman–Crippen MR) is 84.9 cm³/mol. The fourth-order valence-corrected chi connectivity index (χ4v) is 1.56. The van der Waals surface area contributed by atoms with Crippen LogP contribution in [-0.4, -0.2) is 37.7 Å². The van der Waals surface area contributed by atoms with Crippen molar-refractivity contribution in [2.45, 2.75) is 33.6 Å². The summed E-state index contributed by atoms with van der Waals surface area (Å²) in [5, 5.41) is 0. The van der Waals surface area contributed by atoms with Crippen molar-refractivity contribution in [2.24, 2.45) is 5.73 Å². The molecule has 0 atom stereocenters. The minimum absolute atomic E-state index is 0.250. The lowest BCUT2D eigenvalue weighted by atomic mass is 10.1. The third kappa shape index (κ3) is 11.8. The van der Waals surface area contributed by atoms with Gasteiger partial charge in [-0.1, -0.05) is 26.0 Å². The lowest BCUT2D eigenvalue weighted by molar-refractivity contribution is -0.106. The Morgan fingerprint density at radius 1 is 1.19 bits per heavy atom. The second-order valence-corrected chi connectivity index (χ2v) is 4.27. The Morgan fingerprint density at radius 3 is 1.95 bits per heavy atom. The average molecular weight is 298 g/mol. The summed E-state index contributed by atoms with van der Waals surface area (Å²) in [6.45, 7) is 8.30. The average Bonchev–Trinajstić information content (AvgIpc) is 2.97. The first-order valence-electron chi connectivity index (χ1n) is 7.10. The number of benzene rings is 1. The number of nitrogens with two attached hydrogens (primary N) is 1. The van der Waals surface area contributed by atoms with Crippen LogP contribution in [-0.2, 0) is 4.79 Å². The van der Waals surface area contributed by atoms with E-state index in [1.807, 2.05) is 13.8 Å². The number of hydrogen-bond acceptors (Lipinski definition) is 3. The molecule has 0 bridgehead atoms. The quantitative estimate of drug-likeness (QED) is 0.811. The summed E-state index contributed by atoms with van der Waals surface area (Å²) in [6.07, 6.45) is 3.70. The molecule has 1 saturated heterocycles. The van der Waals surface area contributed by atoms with E-state index in [1.54, 1.807) is 19.1 Å². The lowest BCUT2D eigenvalue weighted by Gasteiger charge is -2.01. The number of nitrogens with zero attached hydrogens (tertiary/aromatic N) is 1. The Bertz CT molecular complexity index is 392. The third-order valence-corrected chi connectivity index (χ3v) is 2.66. The molecule has 120 valence electrons. The minimum Gasteiger partial charge on any atom is -0.372 e. The van der Waals surface area contributed by atoms with Gasteiger partial charge in [0.1, 0.15) is 12.1 Å². The summed E-state index contributed by atoms with van der Waals surface area (Å²) in [6, 6.07) is 4.40. The summed E-state index contributed by atoms with van der Waals surface area (Å²) < 4.78 is 12.6. The topological polar surface area (TPSA) is 63.4 Å². The summed E-state index contributed by atoms with van der Waals surface area (Å²) in [7, 11) is 2.17. The molecule has 4 nitrogen and oxygen atoms in total. The lowest BCUT2D eigenvalue weighted by Crippen LogP contribution is -2.10. The van der Waals surface area contributed by atoms with E-state index in [0.29, 0.717) is 17.4 Å². The van der Waals surface area contributed by atoms with E-state index in [1.165, 1.54) is 32.0 Å². The minimum atomic E-state index is -0.329. The van der Waals surface area contributed by atoms with E-state index in [2.05, 4.69) is 17.7 Å². The zero-order valence-corrected chi connectivity index (χ0v) is 13.4. The Balaban J connectivity index is 0. The molecular weight excluding hydrogens is 271 g/mol. The molecule has 1 aromatic carbocycles. The Kier molecular flexibility index (Phi) is 15.0. The van der Waals surface area contributed by atoms with Crippen molar-refractivity contribution in [3.63, 3.8) is 0 Å². The van der Waals surface area contributed by atoms with Crippen LogP contribution in [0.2, 0.25) is 0 Å². The molecule has 0 aliphatic carbocycles. The van der Waals surface area contributed by atoms with Crippen molar-refractivity contribution < 1.29 is 14.0 Å². The van der Waals surface area contributed by atoms with Crippen molar-refractivity contribution in [2.75, 3.05) is 20.1 Å². The molecule has 21 heavy (non-hydrogen) atoms. The van der Waals surface area contributed by atoms with Crippen molar-refractivity contribution in [3.05, 3.63) is 35.1 Å². The van der Waals surface area contributed by atoms with Crippen LogP contribution in [0.1, 0.15) is 42.6 Å². The van der Waals surface area contributed by atoms with E-state index in [0.717, 1.165) is 0 Å². The number of carbonyl (C=O) groups is 2. The maximum atomic E-state index is 12.6. The maximum absolute atomic E-state index is 12.6. The van der Waals surface area contributed by atoms with E-state index >= 15 is 0 Å². The number of amides is 1. The molecule has 1 aliphatic heterocycles. The Labute approximate surface area is 127 Å². The van der Waals surface area contributed by atoms with Crippen LogP contribution in [0.25, 0.3) is 0 Å². The number of halogens is 1. The molecule has 1 aliphatic rings. The van der Waals surface area contributed by atoms with Gasteiger partial charge in [0.2, 0.25) is 6.41 Å². The van der Waals surface area contributed by atoms with E-state index < -0.39 is 0 Å². The SMILES string of the molecule is CC.CN1CCCC1.Cc1ccc(C=O)cc1F.NC=O. The van der Waals surface area contributed by atoms with Gasteiger partial charge in [0.05, 0.1) is 0 Å². The van der Waals surface area contributed by atoms with Crippen LogP contribution in [0.15, 0.2) is 18.2 Å². The van der Waals surface area contributed by atoms with Crippen LogP contribution < -0.4 is 5.73 Å². The second-order valence-electron chi connectivity index (χ2n) is 4.27. The number of carbonyl (C=O) groups excluding carboxylic acids is 2. The monoisotopic (exact) mass is 298 g/mol. The molecule has 1 heterocycles. The van der Waals surface area contributed by atoms with Gasteiger partial charge < -0.3 is 10.6 Å². The fourth-order valence-electron chi connectivity index (χ4n) is 1.56. The Hall–Kier alpha value is -1.75. The third-order valence-electron chi connectivity index (χ3n) is 2.66. The number of aryl methyl sites for hydroxylation is 1. The molecule has 0 aromatic heterocycles. The normalized spacial score (nSPS) is 12.6. The highest BCUT2D eigenvalue weighted by Gasteiger charge is 2.03. The molecule has 2 rings (SSSR count). The first-order chi connectivity index (χ1) is 10.0. The van der Waals surface area contributed by atoms with Crippen LogP contribution in [0, 0.1) is 12.7 Å². The number of primary amides is 1. The summed E-state index contributed by atoms with van der Waals surface area (Å²) in [4.78, 5) is 21.0. The molecule has 0 radical (unpaired) electrons. The summed E-state index contributed by atoms with van der Waals surface area (Å²) >= 11 is 0. The smallest absolute Gasteiger partial charge is 0.204 e. The second kappa shape index (κ2) is 14.7. The number of rotatable bonds is 1. The van der Waals surface area contributed by atoms with Gasteiger partial charge in [-0.2, -0.15) is 0 Å². The zero-order valence-electron chi connectivity index (χ0n) is 13.4. The number of aldehydes is 1. The van der Waals surface area contributed by atoms with Crippen molar-refractivity contribution in [1.82, 2.24) is 4.90 Å². The van der Waals surface area contributed by atoms with Crippen LogP contribution >= 0.6 is 0 Å². The van der Waals surface area contributed by atoms with Crippen molar-refractivity contribution in [1.29, 1.82) is 0 Å². The standard InChI is InChI=1S/C8H7FO.C5H11N.C2H6.CH3NO/c1-6-2-3-7(5-10)4-8(6)9;1-6-4-2-3-5-6;1-2;2-1-3/h2-5H,1H3;2-5H2,1H3;1-2H3;1H,(H2,2,3). The van der Waals surface area contributed by atoms with Crippen LogP contribution in [0.3, 0.4) is 0 Å². The molecule has 0 saturated carbocycles. The van der Waals surface area contributed by atoms with Gasteiger partial charge in [-0.15, -0.1) is 0 Å². The molecule has 2 N–H and O–H groups in total. The van der Waals surface area contributed by atoms with Gasteiger partial charge in [0.15, 0.2) is 0 Å². The highest BCUT2D eigenvalue weighted by atomic mass is 19.1. The van der Waals surface area contributed by atoms with Crippen molar-refractivity contribution in [3.8, 4) is 0 Å². The van der Waals surface area contributed by atoms with E-state index in [4.69, 9.17) is 4.79 Å². The maximum Gasteiger partial charge on any atom is 0.204 e. The highest BCUT2D eigenvalue weighted by Crippen LogP contribution is 2.06. The molecule has 0 spiro atoms. The van der Waals surface area contributed by atoms with Gasteiger partial charge in [-0.3, -0.25) is 9.59 Å². The zero-order chi connectivity index (χ0) is 16.7. The highest BCUT2D eigenvalue weighted by molar-refractivity contribution is 5.74. The summed E-state index contributed by atoms with van der Waals surface area (Å²) in [5.41, 5.74) is 5.11. The molecule has 0 unspecified atom stereocenters. The largest absolute Gasteiger partial charge is 0.372 e. The van der Waals surface area contributed by atoms with Crippen LogP contribution in [0.5, 0.6) is 0 Å². The number of hydrogen-bond donors (Lipinski definition) is 1. The van der Waals surface area contributed by atoms with Gasteiger partial charge in [0, 0.05) is 5.56 Å². The molecule has 1 aromatic rings. The molecule has 5 heteroatoms. The molecule has 1 amide bonds. The first-order valence-corrected chi connectivity index (χ1v) is 7.10. The van der Waals surface area contributed by atoms with Crippen molar-refractivity contribution >= 4 is 12.7 Å². The van der Waals surface area contributed by atoms with E-state index in [-0.39, 0.29) is 12.2 Å². The molecular formula is C16H27FN2O2. The predicted octanol–water partition coefficient (Wildman–Crippen LogP) is 2.79. The Morgan fingerprint density at radius 2 is 1.67 bits per heavy atom. The van der Waals surface area contributed by atoms with Gasteiger partial charge >= 0.3 is 0 Å². The van der Waals surface area contributed by atoms with E-state index in [9.17, 15) is 9.18 Å². The van der Waals surface area contributed by atoms with Gasteiger partial charge in [-0.25, -0.2) is 4.39 Å². The van der Waals surface area contributed by atoms with Gasteiger partial charge in [0.25, 0.3) is 0 Å². The molecule has 1 fully saturated rings. The first kappa shape index (κ1) is 21.5. The summed E-state index contributed by atoms with van der Waals surface area (Å²) in [5.74, 6) is -0.329. The fraction of sp³-hybridized carbons (Fsp3) is 0.500. The van der Waals surface area contributed by atoms with Crippen LogP contribution in [0.4, 0.5) is 4.39 Å². The van der Waals surface area contributed by atoms with Gasteiger partial charge in [-0.05, 0) is 51.5 Å². The number of likely N-dealkylation sites (tertiary alicyclic amines) is 1.